The number of nitrogens with two attached hydrogens (primary N) is 1. The normalized spacial score (nSPS) is 27.6. The van der Waals surface area contributed by atoms with Crippen molar-refractivity contribution in [3.8, 4) is 0 Å². The van der Waals surface area contributed by atoms with E-state index in [0.717, 1.165) is 19.3 Å². The minimum absolute atomic E-state index is 0.00928. The van der Waals surface area contributed by atoms with Crippen LogP contribution in [-0.2, 0) is 14.8 Å². The number of rotatable bonds is 4. The molecule has 1 heterocycles. The first-order chi connectivity index (χ1) is 11.3. The standard InChI is InChI=1S/C16H20N2O5S/c17-15(19)10-5-7-12(8-6-10)24(22,23)18-13-4-2-1-3-11(13)9-14(18)16(20)21/h5-8,11,13-14H,1-4,9H2,(H2,17,19)(H,20,21)/t11-,13-,14-/m0/s1. The molecule has 3 atom stereocenters. The van der Waals surface area contributed by atoms with Crippen LogP contribution in [0.3, 0.4) is 0 Å². The molecule has 0 spiro atoms. The predicted molar refractivity (Wildman–Crippen MR) is 85.8 cm³/mol. The number of carbonyl (C=O) groups is 2. The fourth-order valence-electron chi connectivity index (χ4n) is 3.89. The van der Waals surface area contributed by atoms with Gasteiger partial charge in [-0.2, -0.15) is 4.31 Å². The van der Waals surface area contributed by atoms with Gasteiger partial charge in [0.25, 0.3) is 0 Å². The first kappa shape index (κ1) is 16.9. The quantitative estimate of drug-likeness (QED) is 0.844. The molecule has 1 aromatic rings. The second-order valence-electron chi connectivity index (χ2n) is 6.43. The molecule has 24 heavy (non-hydrogen) atoms. The number of sulfonamides is 1. The number of hydrogen-bond acceptors (Lipinski definition) is 4. The summed E-state index contributed by atoms with van der Waals surface area (Å²) in [6, 6.07) is 4.02. The summed E-state index contributed by atoms with van der Waals surface area (Å²) in [4.78, 5) is 22.7. The van der Waals surface area contributed by atoms with Gasteiger partial charge < -0.3 is 10.8 Å². The summed E-state index contributed by atoms with van der Waals surface area (Å²) in [7, 11) is -3.95. The Labute approximate surface area is 140 Å². The van der Waals surface area contributed by atoms with Crippen molar-refractivity contribution >= 4 is 21.9 Å². The highest BCUT2D eigenvalue weighted by Crippen LogP contribution is 2.42. The van der Waals surface area contributed by atoms with Crippen LogP contribution in [0.15, 0.2) is 29.2 Å². The van der Waals surface area contributed by atoms with Gasteiger partial charge in [-0.3, -0.25) is 9.59 Å². The number of hydrogen-bond donors (Lipinski definition) is 2. The molecule has 0 radical (unpaired) electrons. The third kappa shape index (κ3) is 2.80. The van der Waals surface area contributed by atoms with Gasteiger partial charge in [0.15, 0.2) is 0 Å². The second-order valence-corrected chi connectivity index (χ2v) is 8.27. The first-order valence-electron chi connectivity index (χ1n) is 7.98. The van der Waals surface area contributed by atoms with Gasteiger partial charge in [-0.25, -0.2) is 8.42 Å². The van der Waals surface area contributed by atoms with E-state index in [-0.39, 0.29) is 22.4 Å². The largest absolute Gasteiger partial charge is 0.480 e. The molecule has 1 amide bonds. The monoisotopic (exact) mass is 352 g/mol. The number of fused-ring (bicyclic) bond motifs is 1. The molecule has 3 N–H and O–H groups in total. The molecule has 0 bridgehead atoms. The number of benzene rings is 1. The molecule has 0 unspecified atom stereocenters. The zero-order chi connectivity index (χ0) is 17.5. The van der Waals surface area contributed by atoms with Crippen LogP contribution in [0, 0.1) is 5.92 Å². The van der Waals surface area contributed by atoms with Crippen LogP contribution in [0.5, 0.6) is 0 Å². The molecule has 3 rings (SSSR count). The van der Waals surface area contributed by atoms with E-state index in [2.05, 4.69) is 0 Å². The summed E-state index contributed by atoms with van der Waals surface area (Å²) in [6.07, 6.45) is 3.82. The molecule has 7 nitrogen and oxygen atoms in total. The van der Waals surface area contributed by atoms with E-state index < -0.39 is 27.9 Å². The average molecular weight is 352 g/mol. The number of primary amides is 1. The maximum atomic E-state index is 13.0. The Kier molecular flexibility index (Phi) is 4.35. The summed E-state index contributed by atoms with van der Waals surface area (Å²) < 4.78 is 27.2. The Hall–Kier alpha value is -1.93. The molecular weight excluding hydrogens is 332 g/mol. The lowest BCUT2D eigenvalue weighted by Crippen LogP contribution is -2.46. The smallest absolute Gasteiger partial charge is 0.322 e. The highest BCUT2D eigenvalue weighted by Gasteiger charge is 2.51. The summed E-state index contributed by atoms with van der Waals surface area (Å²) in [5.41, 5.74) is 5.38. The lowest BCUT2D eigenvalue weighted by molar-refractivity contribution is -0.141. The van der Waals surface area contributed by atoms with Crippen molar-refractivity contribution in [2.24, 2.45) is 11.7 Å². The van der Waals surface area contributed by atoms with Gasteiger partial charge in [-0.05, 0) is 49.4 Å². The number of carboxylic acids is 1. The van der Waals surface area contributed by atoms with E-state index in [1.807, 2.05) is 0 Å². The van der Waals surface area contributed by atoms with Gasteiger partial charge in [-0.15, -0.1) is 0 Å². The maximum Gasteiger partial charge on any atom is 0.322 e. The number of aliphatic carboxylic acids is 1. The molecule has 2 aliphatic rings. The molecule has 2 fully saturated rings. The van der Waals surface area contributed by atoms with Crippen LogP contribution in [0.2, 0.25) is 0 Å². The minimum Gasteiger partial charge on any atom is -0.480 e. The molecule has 8 heteroatoms. The Bertz CT molecular complexity index is 759. The van der Waals surface area contributed by atoms with Gasteiger partial charge in [0.2, 0.25) is 15.9 Å². The van der Waals surface area contributed by atoms with Crippen molar-refractivity contribution in [2.75, 3.05) is 0 Å². The summed E-state index contributed by atoms with van der Waals surface area (Å²) in [6.45, 7) is 0. The Morgan fingerprint density at radius 1 is 1.12 bits per heavy atom. The van der Waals surface area contributed by atoms with Crippen molar-refractivity contribution in [3.05, 3.63) is 29.8 Å². The topological polar surface area (TPSA) is 118 Å². The van der Waals surface area contributed by atoms with E-state index in [0.29, 0.717) is 12.8 Å². The Morgan fingerprint density at radius 3 is 2.33 bits per heavy atom. The zero-order valence-electron chi connectivity index (χ0n) is 13.1. The van der Waals surface area contributed by atoms with Crippen molar-refractivity contribution in [1.29, 1.82) is 0 Å². The zero-order valence-corrected chi connectivity index (χ0v) is 13.9. The van der Waals surface area contributed by atoms with E-state index in [9.17, 15) is 23.1 Å². The third-order valence-electron chi connectivity index (χ3n) is 5.03. The molecule has 1 saturated carbocycles. The van der Waals surface area contributed by atoms with Crippen LogP contribution in [0.4, 0.5) is 0 Å². The van der Waals surface area contributed by atoms with Gasteiger partial charge in [-0.1, -0.05) is 12.8 Å². The van der Waals surface area contributed by atoms with Crippen LogP contribution in [0.1, 0.15) is 42.5 Å². The van der Waals surface area contributed by atoms with Gasteiger partial charge in [0.05, 0.1) is 4.90 Å². The Balaban J connectivity index is 1.99. The molecular formula is C16H20N2O5S. The number of amides is 1. The lowest BCUT2D eigenvalue weighted by Gasteiger charge is -2.32. The van der Waals surface area contributed by atoms with Crippen molar-refractivity contribution < 1.29 is 23.1 Å². The third-order valence-corrected chi connectivity index (χ3v) is 6.98. The summed E-state index contributed by atoms with van der Waals surface area (Å²) in [5.74, 6) is -1.66. The predicted octanol–water partition coefficient (Wildman–Crippen LogP) is 1.19. The van der Waals surface area contributed by atoms with Gasteiger partial charge in [0, 0.05) is 11.6 Å². The fraction of sp³-hybridized carbons (Fsp3) is 0.500. The maximum absolute atomic E-state index is 13.0. The van der Waals surface area contributed by atoms with Crippen LogP contribution < -0.4 is 5.73 Å². The molecule has 1 aliphatic carbocycles. The summed E-state index contributed by atoms with van der Waals surface area (Å²) >= 11 is 0. The number of carbonyl (C=O) groups excluding carboxylic acids is 1. The van der Waals surface area contributed by atoms with E-state index in [1.165, 1.54) is 28.6 Å². The highest BCUT2D eigenvalue weighted by molar-refractivity contribution is 7.89. The first-order valence-corrected chi connectivity index (χ1v) is 9.42. The van der Waals surface area contributed by atoms with Gasteiger partial charge in [0.1, 0.15) is 6.04 Å². The average Bonchev–Trinajstić information content (AvgIpc) is 2.95. The minimum atomic E-state index is -3.95. The number of nitrogens with zero attached hydrogens (tertiary/aromatic N) is 1. The molecule has 0 aromatic heterocycles. The highest BCUT2D eigenvalue weighted by atomic mass is 32.2. The SMILES string of the molecule is NC(=O)c1ccc(S(=O)(=O)N2[C@H](C(=O)O)C[C@@H]3CCCC[C@@H]32)cc1. The Morgan fingerprint density at radius 2 is 1.75 bits per heavy atom. The fourth-order valence-corrected chi connectivity index (χ4v) is 5.76. The van der Waals surface area contributed by atoms with Crippen LogP contribution in [0.25, 0.3) is 0 Å². The van der Waals surface area contributed by atoms with E-state index >= 15 is 0 Å². The molecule has 1 aromatic carbocycles. The molecule has 1 aliphatic heterocycles. The van der Waals surface area contributed by atoms with E-state index in [1.54, 1.807) is 0 Å². The van der Waals surface area contributed by atoms with Crippen molar-refractivity contribution in [3.63, 3.8) is 0 Å². The second kappa shape index (κ2) is 6.18. The molecule has 130 valence electrons. The molecule has 1 saturated heterocycles. The number of carboxylic acid groups (broad SMARTS) is 1. The van der Waals surface area contributed by atoms with Crippen LogP contribution in [-0.4, -0.2) is 41.8 Å². The summed E-state index contributed by atoms with van der Waals surface area (Å²) in [5, 5.41) is 9.49. The van der Waals surface area contributed by atoms with Crippen LogP contribution >= 0.6 is 0 Å². The van der Waals surface area contributed by atoms with Crippen molar-refractivity contribution in [1.82, 2.24) is 4.31 Å². The van der Waals surface area contributed by atoms with Crippen molar-refractivity contribution in [2.45, 2.75) is 49.1 Å². The lowest BCUT2D eigenvalue weighted by atomic mass is 9.85. The van der Waals surface area contributed by atoms with Gasteiger partial charge >= 0.3 is 5.97 Å². The van der Waals surface area contributed by atoms with E-state index in [4.69, 9.17) is 5.73 Å².